The standard InChI is InChI=1S/C16H19N3O/c1-11-7-8-14(12(2)10-11)19-16(20)18-13(3)15-6-4-5-9-17-15/h4-10,13H,1-3H3,(H2,18,19,20)/t13-/m1/s1. The fourth-order valence-corrected chi connectivity index (χ4v) is 2.01. The first kappa shape index (κ1) is 14.1. The molecule has 1 aromatic heterocycles. The molecule has 4 heteroatoms. The predicted molar refractivity (Wildman–Crippen MR) is 80.7 cm³/mol. The number of rotatable bonds is 3. The molecule has 0 aliphatic carbocycles. The summed E-state index contributed by atoms with van der Waals surface area (Å²) in [4.78, 5) is 16.2. The van der Waals surface area contributed by atoms with E-state index in [1.165, 1.54) is 5.56 Å². The smallest absolute Gasteiger partial charge is 0.319 e. The van der Waals surface area contributed by atoms with E-state index in [0.717, 1.165) is 16.9 Å². The summed E-state index contributed by atoms with van der Waals surface area (Å²) < 4.78 is 0. The highest BCUT2D eigenvalue weighted by Crippen LogP contribution is 2.16. The number of nitrogens with one attached hydrogen (secondary N) is 2. The maximum atomic E-state index is 12.0. The van der Waals surface area contributed by atoms with E-state index >= 15 is 0 Å². The minimum atomic E-state index is -0.227. The van der Waals surface area contributed by atoms with Crippen LogP contribution in [0.15, 0.2) is 42.6 Å². The van der Waals surface area contributed by atoms with E-state index in [0.29, 0.717) is 0 Å². The summed E-state index contributed by atoms with van der Waals surface area (Å²) >= 11 is 0. The lowest BCUT2D eigenvalue weighted by molar-refractivity contribution is 0.249. The first-order valence-corrected chi connectivity index (χ1v) is 6.62. The molecule has 2 aromatic rings. The van der Waals surface area contributed by atoms with Gasteiger partial charge in [0.05, 0.1) is 11.7 Å². The maximum Gasteiger partial charge on any atom is 0.319 e. The number of hydrogen-bond donors (Lipinski definition) is 2. The third-order valence-corrected chi connectivity index (χ3v) is 3.11. The van der Waals surface area contributed by atoms with Crippen LogP contribution in [0.2, 0.25) is 0 Å². The Morgan fingerprint density at radius 2 is 2.00 bits per heavy atom. The fraction of sp³-hybridized carbons (Fsp3) is 0.250. The van der Waals surface area contributed by atoms with Gasteiger partial charge in [0, 0.05) is 11.9 Å². The van der Waals surface area contributed by atoms with E-state index < -0.39 is 0 Å². The molecule has 1 atom stereocenters. The number of hydrogen-bond acceptors (Lipinski definition) is 2. The van der Waals surface area contributed by atoms with E-state index in [2.05, 4.69) is 15.6 Å². The second-order valence-corrected chi connectivity index (χ2v) is 4.89. The van der Waals surface area contributed by atoms with E-state index in [4.69, 9.17) is 0 Å². The van der Waals surface area contributed by atoms with Gasteiger partial charge in [-0.25, -0.2) is 4.79 Å². The van der Waals surface area contributed by atoms with Crippen molar-refractivity contribution in [2.75, 3.05) is 5.32 Å². The molecule has 1 aromatic carbocycles. The molecule has 2 amide bonds. The molecule has 0 aliphatic heterocycles. The molecule has 104 valence electrons. The monoisotopic (exact) mass is 269 g/mol. The molecule has 2 rings (SSSR count). The molecule has 2 N–H and O–H groups in total. The van der Waals surface area contributed by atoms with Crippen LogP contribution >= 0.6 is 0 Å². The fourth-order valence-electron chi connectivity index (χ4n) is 2.01. The topological polar surface area (TPSA) is 54.0 Å². The van der Waals surface area contributed by atoms with Crippen molar-refractivity contribution >= 4 is 11.7 Å². The van der Waals surface area contributed by atoms with Gasteiger partial charge in [0.1, 0.15) is 0 Å². The van der Waals surface area contributed by atoms with Crippen LogP contribution in [-0.2, 0) is 0 Å². The largest absolute Gasteiger partial charge is 0.330 e. The summed E-state index contributed by atoms with van der Waals surface area (Å²) in [7, 11) is 0. The van der Waals surface area contributed by atoms with Crippen molar-refractivity contribution in [2.24, 2.45) is 0 Å². The van der Waals surface area contributed by atoms with Crippen LogP contribution in [0.4, 0.5) is 10.5 Å². The Hall–Kier alpha value is -2.36. The van der Waals surface area contributed by atoms with E-state index in [1.807, 2.05) is 57.2 Å². The van der Waals surface area contributed by atoms with Gasteiger partial charge in [0.25, 0.3) is 0 Å². The number of benzene rings is 1. The summed E-state index contributed by atoms with van der Waals surface area (Å²) in [5.74, 6) is 0. The summed E-state index contributed by atoms with van der Waals surface area (Å²) in [5.41, 5.74) is 3.88. The van der Waals surface area contributed by atoms with Crippen molar-refractivity contribution in [3.05, 3.63) is 59.4 Å². The molecule has 4 nitrogen and oxygen atoms in total. The molecule has 20 heavy (non-hydrogen) atoms. The highest BCUT2D eigenvalue weighted by atomic mass is 16.2. The molecule has 1 heterocycles. The Morgan fingerprint density at radius 1 is 1.20 bits per heavy atom. The Labute approximate surface area is 119 Å². The number of carbonyl (C=O) groups is 1. The molecular weight excluding hydrogens is 250 g/mol. The number of amides is 2. The highest BCUT2D eigenvalue weighted by molar-refractivity contribution is 5.90. The summed E-state index contributed by atoms with van der Waals surface area (Å²) in [6.07, 6.45) is 1.72. The average molecular weight is 269 g/mol. The van der Waals surface area contributed by atoms with Crippen LogP contribution in [-0.4, -0.2) is 11.0 Å². The van der Waals surface area contributed by atoms with Crippen LogP contribution < -0.4 is 10.6 Å². The Bertz CT molecular complexity index is 596. The maximum absolute atomic E-state index is 12.0. The first-order chi connectivity index (χ1) is 9.56. The lowest BCUT2D eigenvalue weighted by atomic mass is 10.1. The SMILES string of the molecule is Cc1ccc(NC(=O)N[C@H](C)c2ccccn2)c(C)c1. The molecule has 0 radical (unpaired) electrons. The van der Waals surface area contributed by atoms with E-state index in [1.54, 1.807) is 6.20 Å². The van der Waals surface area contributed by atoms with Gasteiger partial charge in [-0.1, -0.05) is 23.8 Å². The van der Waals surface area contributed by atoms with Crippen LogP contribution in [0.1, 0.15) is 29.8 Å². The van der Waals surface area contributed by atoms with Gasteiger partial charge in [0.15, 0.2) is 0 Å². The third-order valence-electron chi connectivity index (χ3n) is 3.11. The van der Waals surface area contributed by atoms with Gasteiger partial charge < -0.3 is 10.6 Å². The van der Waals surface area contributed by atoms with Crippen molar-refractivity contribution in [1.82, 2.24) is 10.3 Å². The number of carbonyl (C=O) groups excluding carboxylic acids is 1. The van der Waals surface area contributed by atoms with Crippen molar-refractivity contribution < 1.29 is 4.79 Å². The lowest BCUT2D eigenvalue weighted by Gasteiger charge is -2.15. The van der Waals surface area contributed by atoms with Crippen molar-refractivity contribution in [1.29, 1.82) is 0 Å². The van der Waals surface area contributed by atoms with Gasteiger partial charge >= 0.3 is 6.03 Å². The zero-order valence-electron chi connectivity index (χ0n) is 12.0. The quantitative estimate of drug-likeness (QED) is 0.894. The molecule has 0 fully saturated rings. The number of nitrogens with zero attached hydrogens (tertiary/aromatic N) is 1. The van der Waals surface area contributed by atoms with Crippen molar-refractivity contribution in [2.45, 2.75) is 26.8 Å². The number of anilines is 1. The summed E-state index contributed by atoms with van der Waals surface area (Å²) in [5, 5.41) is 5.73. The normalized spacial score (nSPS) is 11.8. The Morgan fingerprint density at radius 3 is 2.65 bits per heavy atom. The van der Waals surface area contributed by atoms with Crippen LogP contribution in [0.25, 0.3) is 0 Å². The van der Waals surface area contributed by atoms with Crippen LogP contribution in [0.5, 0.6) is 0 Å². The number of aryl methyl sites for hydroxylation is 2. The van der Waals surface area contributed by atoms with Gasteiger partial charge in [-0.3, -0.25) is 4.98 Å². The minimum Gasteiger partial charge on any atom is -0.330 e. The van der Waals surface area contributed by atoms with Gasteiger partial charge in [-0.2, -0.15) is 0 Å². The first-order valence-electron chi connectivity index (χ1n) is 6.62. The van der Waals surface area contributed by atoms with Crippen LogP contribution in [0.3, 0.4) is 0 Å². The molecule has 0 bridgehead atoms. The lowest BCUT2D eigenvalue weighted by Crippen LogP contribution is -2.31. The Kier molecular flexibility index (Phi) is 4.35. The third kappa shape index (κ3) is 3.57. The van der Waals surface area contributed by atoms with Gasteiger partial charge in [-0.15, -0.1) is 0 Å². The van der Waals surface area contributed by atoms with E-state index in [-0.39, 0.29) is 12.1 Å². The van der Waals surface area contributed by atoms with Gasteiger partial charge in [-0.05, 0) is 44.5 Å². The molecular formula is C16H19N3O. The Balaban J connectivity index is 1.99. The second kappa shape index (κ2) is 6.19. The number of aromatic nitrogens is 1. The predicted octanol–water partition coefficient (Wildman–Crippen LogP) is 3.58. The molecule has 0 unspecified atom stereocenters. The number of urea groups is 1. The van der Waals surface area contributed by atoms with Crippen LogP contribution in [0, 0.1) is 13.8 Å². The van der Waals surface area contributed by atoms with Gasteiger partial charge in [0.2, 0.25) is 0 Å². The average Bonchev–Trinajstić information content (AvgIpc) is 2.43. The minimum absolute atomic E-state index is 0.137. The zero-order chi connectivity index (χ0) is 14.5. The van der Waals surface area contributed by atoms with E-state index in [9.17, 15) is 4.79 Å². The second-order valence-electron chi connectivity index (χ2n) is 4.89. The van der Waals surface area contributed by atoms with Crippen molar-refractivity contribution in [3.8, 4) is 0 Å². The summed E-state index contributed by atoms with van der Waals surface area (Å²) in [6.45, 7) is 5.91. The molecule has 0 spiro atoms. The zero-order valence-corrected chi connectivity index (χ0v) is 12.0. The highest BCUT2D eigenvalue weighted by Gasteiger charge is 2.10. The molecule has 0 aliphatic rings. The number of pyridine rings is 1. The summed E-state index contributed by atoms with van der Waals surface area (Å²) in [6, 6.07) is 11.2. The molecule has 0 saturated carbocycles. The van der Waals surface area contributed by atoms with Crippen molar-refractivity contribution in [3.63, 3.8) is 0 Å². The molecule has 0 saturated heterocycles.